The molecule has 0 bridgehead atoms. The maximum Gasteiger partial charge on any atom is 0.250 e. The van der Waals surface area contributed by atoms with Crippen LogP contribution >= 0.6 is 0 Å². The van der Waals surface area contributed by atoms with Gasteiger partial charge in [0, 0.05) is 44.9 Å². The van der Waals surface area contributed by atoms with Gasteiger partial charge in [0.1, 0.15) is 0 Å². The molecule has 0 saturated carbocycles. The average Bonchev–Trinajstić information content (AvgIpc) is 3.28. The minimum atomic E-state index is 0.0199. The van der Waals surface area contributed by atoms with Gasteiger partial charge in [0.15, 0.2) is 5.96 Å². The Morgan fingerprint density at radius 1 is 1.00 bits per heavy atom. The topological polar surface area (TPSA) is 49.6 Å². The van der Waals surface area contributed by atoms with Gasteiger partial charge in [0.25, 0.3) is 5.56 Å². The fourth-order valence-electron chi connectivity index (χ4n) is 4.01. The van der Waals surface area contributed by atoms with Gasteiger partial charge >= 0.3 is 0 Å². The third-order valence-corrected chi connectivity index (χ3v) is 5.70. The molecule has 1 N–H and O–H groups in total. The number of hydrogen-bond donors (Lipinski definition) is 1. The number of pyridine rings is 1. The summed E-state index contributed by atoms with van der Waals surface area (Å²) in [6.45, 7) is 3.33. The van der Waals surface area contributed by atoms with Crippen LogP contribution in [0, 0.1) is 0 Å². The second-order valence-electron chi connectivity index (χ2n) is 7.73. The van der Waals surface area contributed by atoms with E-state index in [-0.39, 0.29) is 5.56 Å². The monoisotopic (exact) mass is 400 g/mol. The van der Waals surface area contributed by atoms with E-state index in [0.717, 1.165) is 37.6 Å². The number of benzene rings is 2. The van der Waals surface area contributed by atoms with Crippen molar-refractivity contribution in [3.8, 4) is 0 Å². The predicted octanol–water partition coefficient (Wildman–Crippen LogP) is 3.46. The first-order valence-electron chi connectivity index (χ1n) is 10.5. The van der Waals surface area contributed by atoms with E-state index in [4.69, 9.17) is 0 Å². The lowest BCUT2D eigenvalue weighted by Gasteiger charge is -2.22. The smallest absolute Gasteiger partial charge is 0.250 e. The molecule has 30 heavy (non-hydrogen) atoms. The van der Waals surface area contributed by atoms with Crippen molar-refractivity contribution in [3.05, 3.63) is 106 Å². The van der Waals surface area contributed by atoms with Crippen LogP contribution < -0.4 is 10.9 Å². The number of likely N-dealkylation sites (tertiary alicyclic amines) is 1. The maximum atomic E-state index is 11.9. The number of aromatic nitrogens is 1. The molecule has 1 fully saturated rings. The van der Waals surface area contributed by atoms with Crippen LogP contribution in [0.2, 0.25) is 0 Å². The SMILES string of the molecule is CN=C(NCc1ccc(Cn2ccccc2=O)cc1)N1CCC(c2ccccc2)C1. The summed E-state index contributed by atoms with van der Waals surface area (Å²) in [5.41, 5.74) is 3.73. The first-order valence-corrected chi connectivity index (χ1v) is 10.5. The molecule has 2 heterocycles. The molecule has 0 amide bonds. The van der Waals surface area contributed by atoms with Crippen molar-refractivity contribution in [2.75, 3.05) is 20.1 Å². The zero-order valence-corrected chi connectivity index (χ0v) is 17.4. The van der Waals surface area contributed by atoms with Gasteiger partial charge in [-0.25, -0.2) is 0 Å². The highest BCUT2D eigenvalue weighted by molar-refractivity contribution is 5.80. The van der Waals surface area contributed by atoms with Gasteiger partial charge in [-0.3, -0.25) is 9.79 Å². The summed E-state index contributed by atoms with van der Waals surface area (Å²) < 4.78 is 1.71. The van der Waals surface area contributed by atoms with Gasteiger partial charge in [0.2, 0.25) is 0 Å². The molecule has 1 atom stereocenters. The minimum Gasteiger partial charge on any atom is -0.352 e. The van der Waals surface area contributed by atoms with Crippen LogP contribution in [0.4, 0.5) is 0 Å². The lowest BCUT2D eigenvalue weighted by Crippen LogP contribution is -2.39. The summed E-state index contributed by atoms with van der Waals surface area (Å²) in [5.74, 6) is 1.51. The molecule has 3 aromatic rings. The van der Waals surface area contributed by atoms with Crippen LogP contribution in [0.25, 0.3) is 0 Å². The van der Waals surface area contributed by atoms with Crippen molar-refractivity contribution in [1.29, 1.82) is 0 Å². The molecule has 0 radical (unpaired) electrons. The minimum absolute atomic E-state index is 0.0199. The summed E-state index contributed by atoms with van der Waals surface area (Å²) in [4.78, 5) is 18.7. The Labute approximate surface area is 177 Å². The third-order valence-electron chi connectivity index (χ3n) is 5.70. The second kappa shape index (κ2) is 9.44. The highest BCUT2D eigenvalue weighted by Gasteiger charge is 2.25. The number of rotatable bonds is 5. The van der Waals surface area contributed by atoms with E-state index < -0.39 is 0 Å². The Balaban J connectivity index is 1.32. The quantitative estimate of drug-likeness (QED) is 0.527. The number of guanidine groups is 1. The molecule has 1 saturated heterocycles. The molecule has 5 nitrogen and oxygen atoms in total. The summed E-state index contributed by atoms with van der Waals surface area (Å²) in [6, 6.07) is 24.4. The van der Waals surface area contributed by atoms with Crippen LogP contribution in [0.3, 0.4) is 0 Å². The van der Waals surface area contributed by atoms with Crippen molar-refractivity contribution < 1.29 is 0 Å². The molecule has 0 spiro atoms. The van der Waals surface area contributed by atoms with E-state index in [1.54, 1.807) is 16.7 Å². The number of nitrogens with one attached hydrogen (secondary N) is 1. The first-order chi connectivity index (χ1) is 14.7. The molecule has 1 unspecified atom stereocenters. The van der Waals surface area contributed by atoms with Gasteiger partial charge in [-0.05, 0) is 29.2 Å². The molecule has 0 aliphatic carbocycles. The lowest BCUT2D eigenvalue weighted by molar-refractivity contribution is 0.486. The van der Waals surface area contributed by atoms with Crippen LogP contribution in [0.1, 0.15) is 29.0 Å². The van der Waals surface area contributed by atoms with Gasteiger partial charge < -0.3 is 14.8 Å². The van der Waals surface area contributed by atoms with E-state index in [1.165, 1.54) is 11.1 Å². The summed E-state index contributed by atoms with van der Waals surface area (Å²) in [7, 11) is 1.85. The van der Waals surface area contributed by atoms with Crippen molar-refractivity contribution in [2.24, 2.45) is 4.99 Å². The molecule has 5 heteroatoms. The molecule has 1 aromatic heterocycles. The van der Waals surface area contributed by atoms with E-state index in [1.807, 2.05) is 19.3 Å². The van der Waals surface area contributed by atoms with Gasteiger partial charge in [-0.1, -0.05) is 60.7 Å². The Bertz CT molecular complexity index is 1040. The fraction of sp³-hybridized carbons (Fsp3) is 0.280. The molecule has 4 rings (SSSR count). The van der Waals surface area contributed by atoms with E-state index >= 15 is 0 Å². The van der Waals surface area contributed by atoms with Crippen LogP contribution in [-0.4, -0.2) is 35.6 Å². The zero-order chi connectivity index (χ0) is 20.8. The molecule has 1 aliphatic heterocycles. The molecular formula is C25H28N4O. The number of hydrogen-bond acceptors (Lipinski definition) is 2. The summed E-state index contributed by atoms with van der Waals surface area (Å²) in [5, 5.41) is 3.50. The predicted molar refractivity (Wildman–Crippen MR) is 122 cm³/mol. The molecule has 1 aliphatic rings. The van der Waals surface area contributed by atoms with Crippen LogP contribution in [0.5, 0.6) is 0 Å². The van der Waals surface area contributed by atoms with Gasteiger partial charge in [-0.15, -0.1) is 0 Å². The average molecular weight is 401 g/mol. The Hall–Kier alpha value is -3.34. The first kappa shape index (κ1) is 20.0. The Morgan fingerprint density at radius 3 is 2.47 bits per heavy atom. The fourth-order valence-corrected chi connectivity index (χ4v) is 4.01. The van der Waals surface area contributed by atoms with Crippen molar-refractivity contribution in [3.63, 3.8) is 0 Å². The lowest BCUT2D eigenvalue weighted by atomic mass is 9.99. The molecule has 2 aromatic carbocycles. The Morgan fingerprint density at radius 2 is 1.73 bits per heavy atom. The largest absolute Gasteiger partial charge is 0.352 e. The van der Waals surface area contributed by atoms with Crippen molar-refractivity contribution in [1.82, 2.24) is 14.8 Å². The normalized spacial score (nSPS) is 16.6. The third kappa shape index (κ3) is 4.79. The molecular weight excluding hydrogens is 372 g/mol. The van der Waals surface area contributed by atoms with E-state index in [0.29, 0.717) is 12.5 Å². The highest BCUT2D eigenvalue weighted by Crippen LogP contribution is 2.26. The van der Waals surface area contributed by atoms with Crippen molar-refractivity contribution in [2.45, 2.75) is 25.4 Å². The zero-order valence-electron chi connectivity index (χ0n) is 17.4. The maximum absolute atomic E-state index is 11.9. The van der Waals surface area contributed by atoms with E-state index in [9.17, 15) is 4.79 Å². The number of aliphatic imine (C=N–C) groups is 1. The number of nitrogens with zero attached hydrogens (tertiary/aromatic N) is 3. The van der Waals surface area contributed by atoms with Crippen molar-refractivity contribution >= 4 is 5.96 Å². The Kier molecular flexibility index (Phi) is 6.28. The summed E-state index contributed by atoms with van der Waals surface area (Å²) >= 11 is 0. The van der Waals surface area contributed by atoms with Crippen LogP contribution in [-0.2, 0) is 13.1 Å². The summed E-state index contributed by atoms with van der Waals surface area (Å²) in [6.07, 6.45) is 2.97. The van der Waals surface area contributed by atoms with Crippen LogP contribution in [0.15, 0.2) is 88.8 Å². The second-order valence-corrected chi connectivity index (χ2v) is 7.73. The highest BCUT2D eigenvalue weighted by atomic mass is 16.1. The van der Waals surface area contributed by atoms with Gasteiger partial charge in [0.05, 0.1) is 6.54 Å². The standard InChI is InChI=1S/C25H28N4O/c1-26-25(29-16-14-23(19-29)22-7-3-2-4-8-22)27-17-20-10-12-21(13-11-20)18-28-15-6-5-9-24(28)30/h2-13,15,23H,14,16-19H2,1H3,(H,26,27). The van der Waals surface area contributed by atoms with E-state index in [2.05, 4.69) is 69.8 Å². The molecule has 154 valence electrons. The van der Waals surface area contributed by atoms with Gasteiger partial charge in [-0.2, -0.15) is 0 Å².